The number of nitrogens with one attached hydrogen (secondary N) is 1. The molecular formula is C73H51N5. The minimum atomic E-state index is -0.756. The number of para-hydroxylation sites is 7. The maximum atomic E-state index is 4.64. The van der Waals surface area contributed by atoms with Crippen LogP contribution in [0.15, 0.2) is 298 Å². The standard InChI is InChI=1S/C73H51N5/c1-50-22-20-21-45-75(51-23-6-2-7-24-51)70-44-40-56(46-62(50)70)77(53-27-10-4-11-28-53)58-38-42-60-59-41-37-57(76(52-25-8-3-9-26-52)55-39-43-69-63(47-55)61-31-14-17-34-68(61)74-69)48-66(59)73(67(60)49-58)64-32-15-18-35-71(64)78(54-29-12-5-13-30-54)72-36-19-16-33-65(72)73/h2-49,74H,1H2/b22-20-,45-21-. The highest BCUT2D eigenvalue weighted by Crippen LogP contribution is 2.65. The van der Waals surface area contributed by atoms with Gasteiger partial charge in [-0.3, -0.25) is 0 Å². The second-order valence-electron chi connectivity index (χ2n) is 20.3. The van der Waals surface area contributed by atoms with Gasteiger partial charge in [0.2, 0.25) is 0 Å². The highest BCUT2D eigenvalue weighted by Gasteiger charge is 2.52. The fourth-order valence-electron chi connectivity index (χ4n) is 12.7. The molecule has 1 spiro atoms. The Labute approximate surface area is 454 Å². The number of aromatic amines is 1. The number of hydrogen-bond donors (Lipinski definition) is 1. The molecule has 11 aromatic carbocycles. The third-order valence-electron chi connectivity index (χ3n) is 16.0. The van der Waals surface area contributed by atoms with Gasteiger partial charge in [0.15, 0.2) is 0 Å². The van der Waals surface area contributed by atoms with E-state index in [0.717, 1.165) is 84.7 Å². The van der Waals surface area contributed by atoms with Gasteiger partial charge in [0.25, 0.3) is 0 Å². The summed E-state index contributed by atoms with van der Waals surface area (Å²) in [6.07, 6.45) is 8.40. The molecule has 15 rings (SSSR count). The number of H-pyrrole nitrogens is 1. The summed E-state index contributed by atoms with van der Waals surface area (Å²) in [7, 11) is 0. The number of allylic oxidation sites excluding steroid dienone is 4. The van der Waals surface area contributed by atoms with E-state index in [-0.39, 0.29) is 0 Å². The monoisotopic (exact) mass is 997 g/mol. The van der Waals surface area contributed by atoms with Gasteiger partial charge in [-0.25, -0.2) is 0 Å². The Hall–Kier alpha value is -10.4. The van der Waals surface area contributed by atoms with E-state index >= 15 is 0 Å². The van der Waals surface area contributed by atoms with Crippen LogP contribution in [0.2, 0.25) is 0 Å². The molecule has 12 aromatic rings. The predicted octanol–water partition coefficient (Wildman–Crippen LogP) is 19.6. The number of aromatic nitrogens is 1. The maximum Gasteiger partial charge on any atom is 0.0755 e. The Kier molecular flexibility index (Phi) is 10.5. The Morgan fingerprint density at radius 1 is 0.346 bits per heavy atom. The van der Waals surface area contributed by atoms with E-state index in [4.69, 9.17) is 0 Å². The van der Waals surface area contributed by atoms with Crippen molar-refractivity contribution in [3.05, 3.63) is 326 Å². The topological polar surface area (TPSA) is 28.8 Å². The first-order chi connectivity index (χ1) is 38.6. The fourth-order valence-corrected chi connectivity index (χ4v) is 12.7. The van der Waals surface area contributed by atoms with Gasteiger partial charge in [0.1, 0.15) is 0 Å². The molecule has 0 atom stereocenters. The largest absolute Gasteiger partial charge is 0.355 e. The summed E-state index contributed by atoms with van der Waals surface area (Å²) < 4.78 is 0. The third-order valence-corrected chi connectivity index (χ3v) is 16.0. The Morgan fingerprint density at radius 2 is 0.833 bits per heavy atom. The molecule has 0 amide bonds. The first-order valence-corrected chi connectivity index (χ1v) is 26.7. The lowest BCUT2D eigenvalue weighted by Gasteiger charge is -2.45. The zero-order valence-corrected chi connectivity index (χ0v) is 42.7. The summed E-state index contributed by atoms with van der Waals surface area (Å²) in [5.74, 6) is 0. The molecule has 1 aromatic heterocycles. The zero-order chi connectivity index (χ0) is 51.7. The molecular weight excluding hydrogens is 947 g/mol. The van der Waals surface area contributed by atoms with Crippen molar-refractivity contribution in [2.75, 3.05) is 19.6 Å². The molecule has 5 heteroatoms. The van der Waals surface area contributed by atoms with Crippen molar-refractivity contribution in [3.63, 3.8) is 0 Å². The second kappa shape index (κ2) is 18.2. The van der Waals surface area contributed by atoms with Crippen LogP contribution in [0.4, 0.5) is 62.6 Å². The molecule has 1 N–H and O–H groups in total. The summed E-state index contributed by atoms with van der Waals surface area (Å²) in [5, 5.41) is 2.40. The van der Waals surface area contributed by atoms with E-state index in [9.17, 15) is 0 Å². The number of benzene rings is 11. The predicted molar refractivity (Wildman–Crippen MR) is 327 cm³/mol. The van der Waals surface area contributed by atoms with Crippen molar-refractivity contribution in [2.24, 2.45) is 0 Å². The molecule has 5 nitrogen and oxygen atoms in total. The van der Waals surface area contributed by atoms with Crippen molar-refractivity contribution in [1.29, 1.82) is 0 Å². The summed E-state index contributed by atoms with van der Waals surface area (Å²) >= 11 is 0. The van der Waals surface area contributed by atoms with Crippen LogP contribution < -0.4 is 19.6 Å². The fraction of sp³-hybridized carbons (Fsp3) is 0.0137. The SMILES string of the molecule is C=C1/C=C\C=C/N(c2ccccc2)c2ccc(N(c3ccccc3)c3ccc4c(c3)C3(c5cc(N(c6ccccc6)c6ccc7[nH]c8ccccc8c7c6)ccc5-4)c4ccccc4N(c4ccccc4)c4ccccc43)cc21. The normalized spacial score (nSPS) is 14.4. The number of hydrogen-bond acceptors (Lipinski definition) is 4. The number of nitrogens with zero attached hydrogens (tertiary/aromatic N) is 4. The van der Waals surface area contributed by atoms with E-state index in [0.29, 0.717) is 0 Å². The van der Waals surface area contributed by atoms with Crippen LogP contribution in [0.25, 0.3) is 38.5 Å². The summed E-state index contributed by atoms with van der Waals surface area (Å²) in [5.41, 5.74) is 22.7. The highest BCUT2D eigenvalue weighted by molar-refractivity contribution is 6.09. The smallest absolute Gasteiger partial charge is 0.0755 e. The zero-order valence-electron chi connectivity index (χ0n) is 42.7. The Bertz CT molecular complexity index is 4320. The molecule has 78 heavy (non-hydrogen) atoms. The van der Waals surface area contributed by atoms with Crippen LogP contribution in [0.5, 0.6) is 0 Å². The first kappa shape index (κ1) is 45.1. The quantitative estimate of drug-likeness (QED) is 0.164. The van der Waals surface area contributed by atoms with Gasteiger partial charge in [-0.15, -0.1) is 0 Å². The lowest BCUT2D eigenvalue weighted by atomic mass is 9.64. The maximum absolute atomic E-state index is 4.64. The highest BCUT2D eigenvalue weighted by atomic mass is 15.2. The van der Waals surface area contributed by atoms with Gasteiger partial charge in [0.05, 0.1) is 22.5 Å². The molecule has 0 saturated heterocycles. The minimum Gasteiger partial charge on any atom is -0.355 e. The van der Waals surface area contributed by atoms with Crippen LogP contribution >= 0.6 is 0 Å². The molecule has 368 valence electrons. The van der Waals surface area contributed by atoms with Gasteiger partial charge in [-0.2, -0.15) is 0 Å². The van der Waals surface area contributed by atoms with Gasteiger partial charge in [0, 0.05) is 79.1 Å². The number of fused-ring (bicyclic) bond motifs is 13. The molecule has 0 radical (unpaired) electrons. The van der Waals surface area contributed by atoms with E-state index in [1.54, 1.807) is 0 Å². The second-order valence-corrected chi connectivity index (χ2v) is 20.3. The van der Waals surface area contributed by atoms with Crippen LogP contribution in [0, 0.1) is 0 Å². The van der Waals surface area contributed by atoms with Gasteiger partial charge < -0.3 is 24.6 Å². The lowest BCUT2D eigenvalue weighted by molar-refractivity contribution is 0.752. The van der Waals surface area contributed by atoms with Crippen LogP contribution in [-0.2, 0) is 5.41 Å². The Morgan fingerprint density at radius 3 is 1.46 bits per heavy atom. The van der Waals surface area contributed by atoms with Crippen molar-refractivity contribution in [3.8, 4) is 11.1 Å². The average Bonchev–Trinajstić information content (AvgIpc) is 4.22. The van der Waals surface area contributed by atoms with E-state index < -0.39 is 5.41 Å². The van der Waals surface area contributed by atoms with E-state index in [1.165, 1.54) is 44.2 Å². The van der Waals surface area contributed by atoms with Gasteiger partial charge in [-0.05, 0) is 172 Å². The van der Waals surface area contributed by atoms with E-state index in [1.807, 2.05) is 0 Å². The Balaban J connectivity index is 0.979. The summed E-state index contributed by atoms with van der Waals surface area (Å²) in [6.45, 7) is 4.64. The third kappa shape index (κ3) is 7.02. The molecule has 3 heterocycles. The van der Waals surface area contributed by atoms with Crippen LogP contribution in [0.3, 0.4) is 0 Å². The van der Waals surface area contributed by atoms with Crippen LogP contribution in [0.1, 0.15) is 27.8 Å². The minimum absolute atomic E-state index is 0.756. The molecule has 0 unspecified atom stereocenters. The molecule has 2 aliphatic heterocycles. The lowest BCUT2D eigenvalue weighted by Crippen LogP contribution is -2.36. The number of anilines is 11. The number of rotatable bonds is 8. The summed E-state index contributed by atoms with van der Waals surface area (Å²) in [4.78, 5) is 13.2. The van der Waals surface area contributed by atoms with Gasteiger partial charge >= 0.3 is 0 Å². The molecule has 0 fully saturated rings. The van der Waals surface area contributed by atoms with Crippen molar-refractivity contribution < 1.29 is 0 Å². The molecule has 0 bridgehead atoms. The van der Waals surface area contributed by atoms with Crippen molar-refractivity contribution in [2.45, 2.75) is 5.41 Å². The van der Waals surface area contributed by atoms with E-state index in [2.05, 4.69) is 323 Å². The van der Waals surface area contributed by atoms with Gasteiger partial charge in [-0.1, -0.05) is 158 Å². The molecule has 0 saturated carbocycles. The van der Waals surface area contributed by atoms with Crippen molar-refractivity contribution >= 4 is 89.9 Å². The average molecular weight is 998 g/mol. The molecule has 3 aliphatic rings. The summed E-state index contributed by atoms with van der Waals surface area (Å²) in [6, 6.07) is 97.7. The molecule has 1 aliphatic carbocycles. The van der Waals surface area contributed by atoms with Crippen LogP contribution in [-0.4, -0.2) is 4.98 Å². The van der Waals surface area contributed by atoms with Crippen molar-refractivity contribution in [1.82, 2.24) is 4.98 Å². The first-order valence-electron chi connectivity index (χ1n) is 26.7.